The van der Waals surface area contributed by atoms with Crippen molar-refractivity contribution in [2.75, 3.05) is 0 Å². The first kappa shape index (κ1) is 27.5. The van der Waals surface area contributed by atoms with Gasteiger partial charge in [-0.2, -0.15) is 0 Å². The molecule has 39 heavy (non-hydrogen) atoms. The Hall–Kier alpha value is -3.08. The number of carbonyl (C=O) groups excluding carboxylic acids is 2. The van der Waals surface area contributed by atoms with Crippen LogP contribution in [0.15, 0.2) is 54.7 Å². The fourth-order valence-electron chi connectivity index (χ4n) is 6.74. The van der Waals surface area contributed by atoms with E-state index in [9.17, 15) is 9.59 Å². The summed E-state index contributed by atoms with van der Waals surface area (Å²) in [6.07, 6.45) is 16.3. The Bertz CT molecular complexity index is 1250. The molecule has 2 aliphatic rings. The van der Waals surface area contributed by atoms with Gasteiger partial charge in [0.2, 0.25) is 5.91 Å². The Morgan fingerprint density at radius 3 is 2.21 bits per heavy atom. The van der Waals surface area contributed by atoms with E-state index in [2.05, 4.69) is 42.3 Å². The van der Waals surface area contributed by atoms with Crippen molar-refractivity contribution in [2.24, 2.45) is 5.92 Å². The summed E-state index contributed by atoms with van der Waals surface area (Å²) in [5.41, 5.74) is 3.79. The maximum atomic E-state index is 14.2. The number of H-pyrrole nitrogens is 1. The minimum absolute atomic E-state index is 0.00689. The van der Waals surface area contributed by atoms with Gasteiger partial charge >= 0.3 is 0 Å². The molecule has 1 saturated carbocycles. The predicted octanol–water partition coefficient (Wildman–Crippen LogP) is 7.92. The van der Waals surface area contributed by atoms with Gasteiger partial charge in [-0.05, 0) is 36.5 Å². The van der Waals surface area contributed by atoms with Gasteiger partial charge in [0.1, 0.15) is 6.04 Å². The molecule has 3 atom stereocenters. The van der Waals surface area contributed by atoms with Crippen LogP contribution in [-0.2, 0) is 4.79 Å². The minimum atomic E-state index is -0.532. The lowest BCUT2D eigenvalue weighted by Gasteiger charge is -2.37. The largest absolute Gasteiger partial charge is 0.361 e. The molecule has 1 aliphatic carbocycles. The monoisotopic (exact) mass is 527 g/mol. The van der Waals surface area contributed by atoms with Gasteiger partial charge in [-0.15, -0.1) is 0 Å². The van der Waals surface area contributed by atoms with Crippen LogP contribution in [0.5, 0.6) is 0 Å². The van der Waals surface area contributed by atoms with Gasteiger partial charge in [0.15, 0.2) is 0 Å². The number of amides is 2. The molecule has 0 saturated heterocycles. The minimum Gasteiger partial charge on any atom is -0.361 e. The summed E-state index contributed by atoms with van der Waals surface area (Å²) in [6.45, 7) is 4.24. The average molecular weight is 528 g/mol. The van der Waals surface area contributed by atoms with Crippen molar-refractivity contribution in [1.29, 1.82) is 0 Å². The van der Waals surface area contributed by atoms with Gasteiger partial charge in [-0.1, -0.05) is 114 Å². The van der Waals surface area contributed by atoms with Crippen molar-refractivity contribution in [1.82, 2.24) is 15.2 Å². The Labute approximate surface area is 233 Å². The highest BCUT2D eigenvalue weighted by Crippen LogP contribution is 2.43. The Balaban J connectivity index is 1.46. The lowest BCUT2D eigenvalue weighted by Crippen LogP contribution is -2.54. The van der Waals surface area contributed by atoms with Crippen molar-refractivity contribution in [3.63, 3.8) is 0 Å². The number of hydrogen-bond acceptors (Lipinski definition) is 2. The molecule has 0 spiro atoms. The Kier molecular flexibility index (Phi) is 9.06. The second-order valence-electron chi connectivity index (χ2n) is 11.8. The lowest BCUT2D eigenvalue weighted by molar-refractivity contribution is -0.128. The molecular weight excluding hydrogens is 482 g/mol. The molecule has 5 rings (SSSR count). The fraction of sp³-hybridized carbons (Fsp3) is 0.529. The van der Waals surface area contributed by atoms with Gasteiger partial charge < -0.3 is 15.2 Å². The Morgan fingerprint density at radius 1 is 0.897 bits per heavy atom. The van der Waals surface area contributed by atoms with Crippen LogP contribution in [-0.4, -0.2) is 33.8 Å². The standard InChI is InChI=1S/C34H45N3O2/c1-3-24(2)31(33(38)36-25-17-11-9-7-5-4-6-8-10-12-18-25)37-32(27-20-13-14-21-28(27)34(37)39)29-23-35-30-22-16-15-19-26(29)30/h13-16,19-25,31-32,35H,3-12,17-18H2,1-2H3,(H,36,38). The van der Waals surface area contributed by atoms with Crippen molar-refractivity contribution in [3.8, 4) is 0 Å². The smallest absolute Gasteiger partial charge is 0.255 e. The van der Waals surface area contributed by atoms with E-state index in [1.165, 1.54) is 44.9 Å². The van der Waals surface area contributed by atoms with E-state index < -0.39 is 6.04 Å². The SMILES string of the molecule is CCC(C)C(C(=O)NC1CCCCCCCCCCC1)N1C(=O)c2ccccc2C1c1c[nH]c2ccccc12. The van der Waals surface area contributed by atoms with E-state index in [0.717, 1.165) is 54.1 Å². The van der Waals surface area contributed by atoms with Crippen LogP contribution in [0.3, 0.4) is 0 Å². The van der Waals surface area contributed by atoms with E-state index in [0.29, 0.717) is 5.56 Å². The third-order valence-electron chi connectivity index (χ3n) is 9.12. The number of benzene rings is 2. The number of para-hydroxylation sites is 1. The van der Waals surface area contributed by atoms with Crippen molar-refractivity contribution >= 4 is 22.7 Å². The first-order valence-corrected chi connectivity index (χ1v) is 15.4. The molecule has 0 bridgehead atoms. The van der Waals surface area contributed by atoms with Crippen LogP contribution in [0.4, 0.5) is 0 Å². The van der Waals surface area contributed by atoms with E-state index in [4.69, 9.17) is 0 Å². The van der Waals surface area contributed by atoms with Crippen LogP contribution in [0.2, 0.25) is 0 Å². The number of aromatic amines is 1. The molecule has 2 amide bonds. The molecule has 208 valence electrons. The van der Waals surface area contributed by atoms with Crippen LogP contribution in [0.25, 0.3) is 10.9 Å². The first-order valence-electron chi connectivity index (χ1n) is 15.4. The molecule has 0 radical (unpaired) electrons. The fourth-order valence-corrected chi connectivity index (χ4v) is 6.74. The number of hydrogen-bond donors (Lipinski definition) is 2. The average Bonchev–Trinajstić information content (AvgIpc) is 3.49. The van der Waals surface area contributed by atoms with Gasteiger partial charge in [0.25, 0.3) is 5.91 Å². The van der Waals surface area contributed by atoms with Crippen LogP contribution in [0.1, 0.15) is 118 Å². The van der Waals surface area contributed by atoms with E-state index in [-0.39, 0.29) is 29.8 Å². The molecular formula is C34H45N3O2. The number of carbonyl (C=O) groups is 2. The van der Waals surface area contributed by atoms with Gasteiger partial charge in [0.05, 0.1) is 6.04 Å². The summed E-state index contributed by atoms with van der Waals surface area (Å²) < 4.78 is 0. The van der Waals surface area contributed by atoms with E-state index >= 15 is 0 Å². The predicted molar refractivity (Wildman–Crippen MR) is 159 cm³/mol. The second kappa shape index (κ2) is 12.8. The van der Waals surface area contributed by atoms with Crippen LogP contribution >= 0.6 is 0 Å². The quantitative estimate of drug-likeness (QED) is 0.342. The first-order chi connectivity index (χ1) is 19.1. The highest BCUT2D eigenvalue weighted by Gasteiger charge is 2.46. The lowest BCUT2D eigenvalue weighted by atomic mass is 9.92. The molecule has 5 heteroatoms. The topological polar surface area (TPSA) is 65.2 Å². The molecule has 1 aromatic heterocycles. The molecule has 1 aliphatic heterocycles. The molecule has 1 fully saturated rings. The zero-order chi connectivity index (χ0) is 27.2. The van der Waals surface area contributed by atoms with Crippen molar-refractivity contribution < 1.29 is 9.59 Å². The van der Waals surface area contributed by atoms with Crippen LogP contribution in [0, 0.1) is 5.92 Å². The molecule has 2 aromatic carbocycles. The normalized spacial score (nSPS) is 21.1. The molecule has 2 N–H and O–H groups in total. The second-order valence-corrected chi connectivity index (χ2v) is 11.8. The maximum absolute atomic E-state index is 14.2. The van der Waals surface area contributed by atoms with E-state index in [1.807, 2.05) is 41.4 Å². The number of nitrogens with one attached hydrogen (secondary N) is 2. The van der Waals surface area contributed by atoms with Crippen molar-refractivity contribution in [2.45, 2.75) is 109 Å². The molecule has 3 unspecified atom stereocenters. The maximum Gasteiger partial charge on any atom is 0.255 e. The number of rotatable bonds is 6. The van der Waals surface area contributed by atoms with E-state index in [1.54, 1.807) is 0 Å². The zero-order valence-corrected chi connectivity index (χ0v) is 23.8. The summed E-state index contributed by atoms with van der Waals surface area (Å²) >= 11 is 0. The summed E-state index contributed by atoms with van der Waals surface area (Å²) in [5, 5.41) is 4.57. The summed E-state index contributed by atoms with van der Waals surface area (Å²) in [7, 11) is 0. The molecule has 2 heterocycles. The molecule has 5 nitrogen and oxygen atoms in total. The highest BCUT2D eigenvalue weighted by molar-refractivity contribution is 6.03. The number of aromatic nitrogens is 1. The van der Waals surface area contributed by atoms with Gasteiger partial charge in [-0.25, -0.2) is 0 Å². The summed E-state index contributed by atoms with van der Waals surface area (Å²) in [5.74, 6) is -0.00493. The number of nitrogens with zero attached hydrogens (tertiary/aromatic N) is 1. The summed E-state index contributed by atoms with van der Waals surface area (Å²) in [4.78, 5) is 33.6. The highest BCUT2D eigenvalue weighted by atomic mass is 16.2. The third-order valence-corrected chi connectivity index (χ3v) is 9.12. The van der Waals surface area contributed by atoms with Crippen molar-refractivity contribution in [3.05, 3.63) is 71.4 Å². The molecule has 3 aromatic rings. The number of fused-ring (bicyclic) bond motifs is 2. The zero-order valence-electron chi connectivity index (χ0n) is 23.8. The Morgan fingerprint density at radius 2 is 1.51 bits per heavy atom. The van der Waals surface area contributed by atoms with Crippen LogP contribution < -0.4 is 5.32 Å². The van der Waals surface area contributed by atoms with Gasteiger partial charge in [0, 0.05) is 34.3 Å². The third kappa shape index (κ3) is 5.92. The van der Waals surface area contributed by atoms with Gasteiger partial charge in [-0.3, -0.25) is 9.59 Å². The summed E-state index contributed by atoms with van der Waals surface area (Å²) in [6, 6.07) is 15.5.